The molecule has 1 rings (SSSR count). The number of hydrogen-bond donors (Lipinski definition) is 0. The van der Waals surface area contributed by atoms with Gasteiger partial charge in [0.25, 0.3) is 0 Å². The third-order valence-electron chi connectivity index (χ3n) is 2.62. The molecule has 12 heavy (non-hydrogen) atoms. The van der Waals surface area contributed by atoms with Crippen molar-refractivity contribution in [3.63, 3.8) is 0 Å². The molecule has 0 spiro atoms. The summed E-state index contributed by atoms with van der Waals surface area (Å²) in [5, 5.41) is 0. The van der Waals surface area contributed by atoms with Crippen LogP contribution in [0.15, 0.2) is 0 Å². The molecular formula is C9H14O2S. The first-order valence-corrected chi connectivity index (χ1v) is 5.86. The van der Waals surface area contributed by atoms with Crippen molar-refractivity contribution in [2.75, 3.05) is 11.5 Å². The SMILES string of the molecule is C#CC1CS(=O)(=O)CCC1(C)C. The summed E-state index contributed by atoms with van der Waals surface area (Å²) in [5.41, 5.74) is -0.0138. The molecule has 1 aliphatic rings. The monoisotopic (exact) mass is 186 g/mol. The van der Waals surface area contributed by atoms with E-state index in [1.165, 1.54) is 0 Å². The minimum absolute atomic E-state index is 0.0138. The van der Waals surface area contributed by atoms with Gasteiger partial charge >= 0.3 is 0 Å². The zero-order chi connectivity index (χ0) is 9.41. The summed E-state index contributed by atoms with van der Waals surface area (Å²) in [6.07, 6.45) is 5.97. The average molecular weight is 186 g/mol. The molecule has 0 aromatic rings. The molecule has 1 aliphatic heterocycles. The van der Waals surface area contributed by atoms with Crippen molar-refractivity contribution in [2.45, 2.75) is 20.3 Å². The Labute approximate surface area is 74.3 Å². The van der Waals surface area contributed by atoms with Gasteiger partial charge in [-0.25, -0.2) is 8.42 Å². The van der Waals surface area contributed by atoms with Crippen LogP contribution in [0.2, 0.25) is 0 Å². The van der Waals surface area contributed by atoms with Crippen molar-refractivity contribution >= 4 is 9.84 Å². The summed E-state index contributed by atoms with van der Waals surface area (Å²) in [7, 11) is -2.86. The number of hydrogen-bond acceptors (Lipinski definition) is 2. The molecule has 2 nitrogen and oxygen atoms in total. The molecule has 1 heterocycles. The van der Waals surface area contributed by atoms with Gasteiger partial charge in [-0.15, -0.1) is 12.3 Å². The normalized spacial score (nSPS) is 32.2. The van der Waals surface area contributed by atoms with Crippen LogP contribution in [0.3, 0.4) is 0 Å². The van der Waals surface area contributed by atoms with E-state index in [-0.39, 0.29) is 22.8 Å². The predicted octanol–water partition coefficient (Wildman–Crippen LogP) is 1.08. The molecule has 1 unspecified atom stereocenters. The van der Waals surface area contributed by atoms with Crippen LogP contribution in [-0.4, -0.2) is 19.9 Å². The predicted molar refractivity (Wildman–Crippen MR) is 49.4 cm³/mol. The van der Waals surface area contributed by atoms with Gasteiger partial charge in [-0.1, -0.05) is 13.8 Å². The first kappa shape index (κ1) is 9.60. The first-order valence-electron chi connectivity index (χ1n) is 4.04. The Kier molecular flexibility index (Phi) is 2.22. The van der Waals surface area contributed by atoms with Crippen molar-refractivity contribution in [1.82, 2.24) is 0 Å². The lowest BCUT2D eigenvalue weighted by molar-refractivity contribution is 0.265. The Bertz CT molecular complexity index is 306. The van der Waals surface area contributed by atoms with Crippen LogP contribution in [0.1, 0.15) is 20.3 Å². The highest BCUT2D eigenvalue weighted by Crippen LogP contribution is 2.35. The van der Waals surface area contributed by atoms with E-state index in [4.69, 9.17) is 6.42 Å². The zero-order valence-corrected chi connectivity index (χ0v) is 8.32. The first-order chi connectivity index (χ1) is 5.37. The fourth-order valence-corrected chi connectivity index (χ4v) is 3.49. The van der Waals surface area contributed by atoms with Gasteiger partial charge in [-0.3, -0.25) is 0 Å². The molecule has 0 aromatic carbocycles. The second kappa shape index (κ2) is 2.77. The van der Waals surface area contributed by atoms with Gasteiger partial charge in [-0.2, -0.15) is 0 Å². The maximum Gasteiger partial charge on any atom is 0.151 e. The van der Waals surface area contributed by atoms with Crippen molar-refractivity contribution < 1.29 is 8.42 Å². The van der Waals surface area contributed by atoms with E-state index < -0.39 is 9.84 Å². The van der Waals surface area contributed by atoms with Crippen LogP contribution >= 0.6 is 0 Å². The lowest BCUT2D eigenvalue weighted by Crippen LogP contribution is -2.37. The molecule has 1 fully saturated rings. The van der Waals surface area contributed by atoms with E-state index >= 15 is 0 Å². The van der Waals surface area contributed by atoms with Crippen LogP contribution in [0.4, 0.5) is 0 Å². The number of sulfone groups is 1. The van der Waals surface area contributed by atoms with E-state index in [0.717, 1.165) is 0 Å². The lowest BCUT2D eigenvalue weighted by atomic mass is 9.78. The Morgan fingerprint density at radius 3 is 2.50 bits per heavy atom. The van der Waals surface area contributed by atoms with Crippen LogP contribution in [0.25, 0.3) is 0 Å². The van der Waals surface area contributed by atoms with Crippen molar-refractivity contribution in [3.05, 3.63) is 0 Å². The molecular weight excluding hydrogens is 172 g/mol. The van der Waals surface area contributed by atoms with E-state index in [0.29, 0.717) is 6.42 Å². The van der Waals surface area contributed by atoms with E-state index in [1.54, 1.807) is 0 Å². The summed E-state index contributed by atoms with van der Waals surface area (Å²) >= 11 is 0. The van der Waals surface area contributed by atoms with Gasteiger partial charge in [0.2, 0.25) is 0 Å². The second-order valence-electron chi connectivity index (χ2n) is 4.07. The van der Waals surface area contributed by atoms with E-state index in [1.807, 2.05) is 13.8 Å². The van der Waals surface area contributed by atoms with Crippen molar-refractivity contribution in [3.8, 4) is 12.3 Å². The summed E-state index contributed by atoms with van der Waals surface area (Å²) in [4.78, 5) is 0. The second-order valence-corrected chi connectivity index (χ2v) is 6.30. The van der Waals surface area contributed by atoms with Crippen molar-refractivity contribution in [1.29, 1.82) is 0 Å². The van der Waals surface area contributed by atoms with Gasteiger partial charge < -0.3 is 0 Å². The van der Waals surface area contributed by atoms with Crippen LogP contribution in [0, 0.1) is 23.7 Å². The average Bonchev–Trinajstić information content (AvgIpc) is 1.95. The molecule has 0 N–H and O–H groups in total. The lowest BCUT2D eigenvalue weighted by Gasteiger charge is -2.34. The van der Waals surface area contributed by atoms with Crippen LogP contribution < -0.4 is 0 Å². The smallest absolute Gasteiger partial charge is 0.151 e. The molecule has 0 aromatic heterocycles. The maximum atomic E-state index is 11.2. The minimum atomic E-state index is -2.86. The Balaban J connectivity index is 2.90. The molecule has 0 aliphatic carbocycles. The van der Waals surface area contributed by atoms with Gasteiger partial charge in [0.05, 0.1) is 11.5 Å². The zero-order valence-electron chi connectivity index (χ0n) is 7.50. The molecule has 0 amide bonds. The largest absolute Gasteiger partial charge is 0.229 e. The highest BCUT2D eigenvalue weighted by molar-refractivity contribution is 7.91. The summed E-state index contributed by atoms with van der Waals surface area (Å²) in [6, 6.07) is 0. The molecule has 1 atom stereocenters. The molecule has 0 saturated carbocycles. The molecule has 0 bridgehead atoms. The summed E-state index contributed by atoms with van der Waals surface area (Å²) in [6.45, 7) is 4.07. The topological polar surface area (TPSA) is 34.1 Å². The number of rotatable bonds is 0. The fraction of sp³-hybridized carbons (Fsp3) is 0.778. The van der Waals surface area contributed by atoms with Gasteiger partial charge in [0.1, 0.15) is 0 Å². The minimum Gasteiger partial charge on any atom is -0.229 e. The summed E-state index contributed by atoms with van der Waals surface area (Å²) < 4.78 is 22.4. The van der Waals surface area contributed by atoms with Crippen molar-refractivity contribution in [2.24, 2.45) is 11.3 Å². The highest BCUT2D eigenvalue weighted by atomic mass is 32.2. The quantitative estimate of drug-likeness (QED) is 0.530. The van der Waals surface area contributed by atoms with Crippen LogP contribution in [0.5, 0.6) is 0 Å². The highest BCUT2D eigenvalue weighted by Gasteiger charge is 2.37. The molecule has 0 radical (unpaired) electrons. The van der Waals surface area contributed by atoms with Gasteiger partial charge in [-0.05, 0) is 11.8 Å². The third-order valence-corrected chi connectivity index (χ3v) is 4.29. The van der Waals surface area contributed by atoms with E-state index in [9.17, 15) is 8.42 Å². The maximum absolute atomic E-state index is 11.2. The van der Waals surface area contributed by atoms with Gasteiger partial charge in [0.15, 0.2) is 9.84 Å². The van der Waals surface area contributed by atoms with Crippen LogP contribution in [-0.2, 0) is 9.84 Å². The Hall–Kier alpha value is -0.490. The summed E-state index contributed by atoms with van der Waals surface area (Å²) in [5.74, 6) is 2.91. The standard InChI is InChI=1S/C9H14O2S/c1-4-8-7-12(10,11)6-5-9(8,2)3/h1,8H,5-7H2,2-3H3. The molecule has 3 heteroatoms. The molecule has 68 valence electrons. The fourth-order valence-electron chi connectivity index (χ4n) is 1.43. The van der Waals surface area contributed by atoms with Gasteiger partial charge in [0, 0.05) is 5.92 Å². The Morgan fingerprint density at radius 2 is 2.08 bits per heavy atom. The van der Waals surface area contributed by atoms with E-state index in [2.05, 4.69) is 5.92 Å². The third kappa shape index (κ3) is 1.81. The molecule has 1 saturated heterocycles. The number of terminal acetylenes is 1. The Morgan fingerprint density at radius 1 is 1.50 bits per heavy atom.